The van der Waals surface area contributed by atoms with Crippen LogP contribution in [0, 0.1) is 3.57 Å². The molecule has 63 heavy (non-hydrogen) atoms. The van der Waals surface area contributed by atoms with Crippen LogP contribution in [-0.2, 0) is 32.2 Å². The highest BCUT2D eigenvalue weighted by atomic mass is 127. The van der Waals surface area contributed by atoms with Crippen LogP contribution in [-0.4, -0.2) is 122 Å². The number of amides is 2. The van der Waals surface area contributed by atoms with Crippen LogP contribution < -0.4 is 32.3 Å². The Labute approximate surface area is 375 Å². The summed E-state index contributed by atoms with van der Waals surface area (Å²) in [7, 11) is 3.24. The number of fused-ring (bicyclic) bond motifs is 2. The van der Waals surface area contributed by atoms with Gasteiger partial charge in [-0.3, -0.25) is 19.0 Å². The molecule has 1 saturated heterocycles. The number of nitrogen functional groups attached to an aromatic ring is 2. The molecular formula is C38H40ClIN14O9. The second kappa shape index (κ2) is 20.1. The molecule has 0 radical (unpaired) electrons. The number of aliphatic hydroxyl groups excluding tert-OH is 2. The quantitative estimate of drug-likeness (QED) is 0.0549. The smallest absolute Gasteiger partial charge is 0.326 e. The molecule has 0 bridgehead atoms. The highest BCUT2D eigenvalue weighted by molar-refractivity contribution is 14.1. The number of aromatic nitrogens is 8. The zero-order valence-corrected chi connectivity index (χ0v) is 36.2. The summed E-state index contributed by atoms with van der Waals surface area (Å²) in [5.41, 5.74) is 15.4. The Hall–Kier alpha value is -6.61. The Balaban J connectivity index is 0.000000210. The number of rotatable bonds is 14. The van der Waals surface area contributed by atoms with E-state index in [2.05, 4.69) is 73.4 Å². The molecule has 23 nitrogen and oxygen atoms in total. The van der Waals surface area contributed by atoms with Crippen LogP contribution in [0.4, 0.5) is 23.3 Å². The first-order chi connectivity index (χ1) is 30.0. The normalized spacial score (nSPS) is 17.4. The zero-order chi connectivity index (χ0) is 45.5. The number of nitrogens with zero attached hydrogens (tertiary/aromatic N) is 9. The van der Waals surface area contributed by atoms with Crippen LogP contribution in [0.15, 0.2) is 61.1 Å². The fourth-order valence-corrected chi connectivity index (χ4v) is 7.08. The summed E-state index contributed by atoms with van der Waals surface area (Å²) in [4.78, 5) is 77.3. The molecule has 11 N–H and O–H groups in total. The van der Waals surface area contributed by atoms with E-state index in [1.165, 1.54) is 30.1 Å². The van der Waals surface area contributed by atoms with Gasteiger partial charge in [-0.1, -0.05) is 12.1 Å². The van der Waals surface area contributed by atoms with Crippen LogP contribution in [0.3, 0.4) is 0 Å². The number of hydrogen-bond donors (Lipinski definition) is 9. The fourth-order valence-electron chi connectivity index (χ4n) is 6.31. The van der Waals surface area contributed by atoms with Crippen molar-refractivity contribution in [2.24, 2.45) is 0 Å². The third-order valence-electron chi connectivity index (χ3n) is 9.48. The topological polar surface area (TPSA) is 345 Å². The molecule has 2 aromatic carbocycles. The summed E-state index contributed by atoms with van der Waals surface area (Å²) in [5.74, 6) is -3.03. The summed E-state index contributed by atoms with van der Waals surface area (Å²) in [6.45, 7) is 0.862. The number of carbonyl (C=O) groups excluding carboxylic acids is 2. The van der Waals surface area contributed by atoms with E-state index in [1.54, 1.807) is 18.3 Å². The minimum Gasteiger partial charge on any atom is -0.481 e. The Bertz CT molecular complexity index is 2660. The predicted octanol–water partition coefficient (Wildman–Crippen LogP) is 1.33. The molecule has 2 amide bonds. The number of anilines is 4. The Morgan fingerprint density at radius 3 is 2.41 bits per heavy atom. The average Bonchev–Trinajstić information content (AvgIpc) is 3.80. The van der Waals surface area contributed by atoms with Crippen molar-refractivity contribution < 1.29 is 44.3 Å². The first kappa shape index (κ1) is 45.9. The SMILES string of the molecule is CN(Cc1cnc2nc(N)nc(N)c2n1)c1ccc(C(=O)N[C@@H](CCC(=O)O)C(=O)O)cc1.CNC(=O)[C@H]1O[C@@H](n2cnc3c(NCc4cccc(I)c4)nc(Cl)nc32)[C@H](O)[C@@H]1O. The van der Waals surface area contributed by atoms with Gasteiger partial charge in [-0.15, -0.1) is 0 Å². The summed E-state index contributed by atoms with van der Waals surface area (Å²) in [5, 5.41) is 46.4. The molecule has 0 spiro atoms. The van der Waals surface area contributed by atoms with E-state index in [1.807, 2.05) is 36.2 Å². The summed E-state index contributed by atoms with van der Waals surface area (Å²) < 4.78 is 8.14. The molecule has 5 atom stereocenters. The van der Waals surface area contributed by atoms with Gasteiger partial charge in [-0.2, -0.15) is 19.9 Å². The second-order valence-electron chi connectivity index (χ2n) is 13.9. The van der Waals surface area contributed by atoms with Crippen LogP contribution in [0.5, 0.6) is 0 Å². The maximum atomic E-state index is 12.4. The number of likely N-dealkylation sites (N-methyl/N-ethyl adjacent to an activating group) is 1. The van der Waals surface area contributed by atoms with Crippen LogP contribution >= 0.6 is 34.2 Å². The molecule has 1 fully saturated rings. The fraction of sp³-hybridized carbons (Fsp3) is 0.289. The number of aliphatic hydroxyl groups is 2. The molecule has 7 rings (SSSR count). The number of benzene rings is 2. The first-order valence-corrected chi connectivity index (χ1v) is 20.2. The lowest BCUT2D eigenvalue weighted by Crippen LogP contribution is -2.41. The van der Waals surface area contributed by atoms with Crippen molar-refractivity contribution >= 4 is 104 Å². The van der Waals surface area contributed by atoms with Crippen molar-refractivity contribution in [1.29, 1.82) is 0 Å². The van der Waals surface area contributed by atoms with Crippen molar-refractivity contribution in [3.8, 4) is 0 Å². The van der Waals surface area contributed by atoms with Gasteiger partial charge >= 0.3 is 11.9 Å². The maximum absolute atomic E-state index is 12.4. The van der Waals surface area contributed by atoms with E-state index in [4.69, 9.17) is 32.9 Å². The number of hydrogen-bond acceptors (Lipinski definition) is 18. The van der Waals surface area contributed by atoms with Crippen molar-refractivity contribution in [2.45, 2.75) is 56.5 Å². The van der Waals surface area contributed by atoms with Gasteiger partial charge in [0.05, 0.1) is 24.8 Å². The van der Waals surface area contributed by atoms with E-state index in [-0.39, 0.29) is 35.5 Å². The van der Waals surface area contributed by atoms with Gasteiger partial charge in [0, 0.05) is 41.9 Å². The summed E-state index contributed by atoms with van der Waals surface area (Å²) in [6.07, 6.45) is -2.68. The van der Waals surface area contributed by atoms with Gasteiger partial charge in [-0.25, -0.2) is 19.7 Å². The monoisotopic (exact) mass is 998 g/mol. The number of carbonyl (C=O) groups is 4. The molecule has 0 aliphatic carbocycles. The molecule has 25 heteroatoms. The Morgan fingerprint density at radius 2 is 1.73 bits per heavy atom. The van der Waals surface area contributed by atoms with E-state index in [0.29, 0.717) is 46.9 Å². The van der Waals surface area contributed by atoms with Gasteiger partial charge in [0.15, 0.2) is 46.3 Å². The van der Waals surface area contributed by atoms with E-state index >= 15 is 0 Å². The molecule has 6 aromatic rings. The number of nitrogens with two attached hydrogens (primary N) is 2. The summed E-state index contributed by atoms with van der Waals surface area (Å²) >= 11 is 8.35. The van der Waals surface area contributed by atoms with Crippen LogP contribution in [0.2, 0.25) is 5.28 Å². The Kier molecular flexibility index (Phi) is 14.6. The standard InChI is InChI=1S/C20H22N8O5.C18H18ClIN6O4/c1-28(9-11-8-23-17-15(24-11)16(21)26-20(22)27-17)12-4-2-10(3-5-12)18(31)25-13(19(32)33)6-7-14(29)30;1-21-16(29)13-11(27)12(28)17(30-13)26-7-23-10-14(24-18(19)25-15(10)26)22-6-8-3-2-4-9(20)5-8/h2-5,8,13H,6-7,9H2,1H3,(H,25,31)(H,29,30)(H,32,33)(H4,21,22,23,26,27);2-5,7,11-13,17,27-28H,6H2,1H3,(H,21,29)(H,22,24,25)/t13-;11-,12+,13-,17+/m00/s1. The molecule has 4 aromatic heterocycles. The van der Waals surface area contributed by atoms with Crippen molar-refractivity contribution in [1.82, 2.24) is 50.1 Å². The molecule has 0 unspecified atom stereocenters. The largest absolute Gasteiger partial charge is 0.481 e. The third kappa shape index (κ3) is 11.1. The third-order valence-corrected chi connectivity index (χ3v) is 10.3. The maximum Gasteiger partial charge on any atom is 0.326 e. The van der Waals surface area contributed by atoms with Crippen LogP contribution in [0.25, 0.3) is 22.3 Å². The van der Waals surface area contributed by atoms with Crippen LogP contribution in [0.1, 0.15) is 40.7 Å². The number of imidazole rings is 1. The van der Waals surface area contributed by atoms with Crippen molar-refractivity contribution in [2.75, 3.05) is 35.8 Å². The number of nitrogens with one attached hydrogen (secondary N) is 3. The lowest BCUT2D eigenvalue weighted by molar-refractivity contribution is -0.140. The number of carboxylic acids is 2. The minimum absolute atomic E-state index is 0.0138. The van der Waals surface area contributed by atoms with E-state index < -0.39 is 54.3 Å². The number of carboxylic acid groups (broad SMARTS) is 2. The van der Waals surface area contributed by atoms with E-state index in [9.17, 15) is 34.5 Å². The average molecular weight is 999 g/mol. The highest BCUT2D eigenvalue weighted by Gasteiger charge is 2.47. The minimum atomic E-state index is -1.40. The van der Waals surface area contributed by atoms with Gasteiger partial charge < -0.3 is 57.5 Å². The lowest BCUT2D eigenvalue weighted by Gasteiger charge is -2.19. The van der Waals surface area contributed by atoms with Gasteiger partial charge in [0.2, 0.25) is 11.2 Å². The Morgan fingerprint density at radius 1 is 0.984 bits per heavy atom. The number of aliphatic carboxylic acids is 2. The van der Waals surface area contributed by atoms with Gasteiger partial charge in [-0.05, 0) is 82.6 Å². The molecule has 1 aliphatic rings. The van der Waals surface area contributed by atoms with E-state index in [0.717, 1.165) is 14.8 Å². The molecule has 1 aliphatic heterocycles. The molecule has 0 saturated carbocycles. The highest BCUT2D eigenvalue weighted by Crippen LogP contribution is 2.33. The summed E-state index contributed by atoms with van der Waals surface area (Å²) in [6, 6.07) is 13.1. The molecule has 5 heterocycles. The number of halogens is 2. The first-order valence-electron chi connectivity index (χ1n) is 18.8. The predicted molar refractivity (Wildman–Crippen MR) is 235 cm³/mol. The van der Waals surface area contributed by atoms with Gasteiger partial charge in [0.1, 0.15) is 18.2 Å². The second-order valence-corrected chi connectivity index (χ2v) is 15.5. The molecular weight excluding hydrogens is 959 g/mol. The zero-order valence-electron chi connectivity index (χ0n) is 33.3. The molecule has 330 valence electrons. The van der Waals surface area contributed by atoms with Gasteiger partial charge in [0.25, 0.3) is 11.8 Å². The van der Waals surface area contributed by atoms with Crippen molar-refractivity contribution in [3.63, 3.8) is 0 Å². The lowest BCUT2D eigenvalue weighted by atomic mass is 10.1. The van der Waals surface area contributed by atoms with Crippen molar-refractivity contribution in [3.05, 3.63) is 86.7 Å². The number of ether oxygens (including phenoxy) is 1.